The van der Waals surface area contributed by atoms with Gasteiger partial charge in [-0.3, -0.25) is 4.79 Å². The van der Waals surface area contributed by atoms with Crippen LogP contribution in [0, 0.1) is 46.8 Å². The summed E-state index contributed by atoms with van der Waals surface area (Å²) in [6.45, 7) is 8.62. The van der Waals surface area contributed by atoms with Gasteiger partial charge < -0.3 is 4.74 Å². The average molecular weight is 547 g/mol. The third-order valence-electron chi connectivity index (χ3n) is 11.6. The van der Waals surface area contributed by atoms with E-state index in [1.165, 1.54) is 50.7 Å². The number of fused-ring (bicyclic) bond motifs is 2. The molecule has 1 aromatic rings. The van der Waals surface area contributed by atoms with Gasteiger partial charge in [0.15, 0.2) is 0 Å². The molecule has 0 radical (unpaired) electrons. The second kappa shape index (κ2) is 11.9. The van der Waals surface area contributed by atoms with Crippen LogP contribution in [-0.2, 0) is 15.7 Å². The first-order valence-electron chi connectivity index (χ1n) is 15.9. The Balaban J connectivity index is 1.21. The number of carbonyl (C=O) groups excluding carboxylic acids is 1. The second-order valence-corrected chi connectivity index (χ2v) is 14.0. The number of benzene rings is 1. The van der Waals surface area contributed by atoms with E-state index in [9.17, 15) is 18.0 Å². The summed E-state index contributed by atoms with van der Waals surface area (Å²) in [6.07, 6.45) is 8.92. The number of ether oxygens (including phenoxy) is 1. The molecule has 1 aliphatic heterocycles. The molecule has 0 spiro atoms. The number of ketones is 1. The normalized spacial score (nSPS) is 36.9. The lowest BCUT2D eigenvalue weighted by atomic mass is 9.65. The summed E-state index contributed by atoms with van der Waals surface area (Å²) >= 11 is 0. The van der Waals surface area contributed by atoms with Crippen molar-refractivity contribution in [2.45, 2.75) is 110 Å². The summed E-state index contributed by atoms with van der Waals surface area (Å²) < 4.78 is 45.8. The average Bonchev–Trinajstić information content (AvgIpc) is 3.49. The van der Waals surface area contributed by atoms with Crippen molar-refractivity contribution in [2.24, 2.45) is 46.8 Å². The lowest BCUT2D eigenvalue weighted by Crippen LogP contribution is -2.40. The van der Waals surface area contributed by atoms with Crippen LogP contribution in [0.4, 0.5) is 13.2 Å². The van der Waals surface area contributed by atoms with Crippen molar-refractivity contribution in [1.82, 2.24) is 0 Å². The minimum Gasteiger partial charge on any atom is -0.381 e. The third-order valence-corrected chi connectivity index (χ3v) is 11.6. The Labute approximate surface area is 233 Å². The fraction of sp³-hybridized carbons (Fsp3) is 0.794. The molecule has 39 heavy (non-hydrogen) atoms. The van der Waals surface area contributed by atoms with Gasteiger partial charge in [0.2, 0.25) is 0 Å². The summed E-state index contributed by atoms with van der Waals surface area (Å²) in [7, 11) is 0. The predicted molar refractivity (Wildman–Crippen MR) is 149 cm³/mol. The highest BCUT2D eigenvalue weighted by molar-refractivity contribution is 5.88. The smallest absolute Gasteiger partial charge is 0.381 e. The summed E-state index contributed by atoms with van der Waals surface area (Å²) in [6, 6.07) is 5.93. The Morgan fingerprint density at radius 1 is 1.08 bits per heavy atom. The third kappa shape index (κ3) is 6.14. The highest BCUT2D eigenvalue weighted by atomic mass is 19.4. The molecule has 0 aromatic heterocycles. The van der Waals surface area contributed by atoms with Gasteiger partial charge in [-0.05, 0) is 104 Å². The molecular weight excluding hydrogens is 497 g/mol. The fourth-order valence-corrected chi connectivity index (χ4v) is 9.29. The monoisotopic (exact) mass is 546 g/mol. The van der Waals surface area contributed by atoms with Crippen LogP contribution in [0.2, 0.25) is 0 Å². The predicted octanol–water partition coefficient (Wildman–Crippen LogP) is 9.47. The Bertz CT molecular complexity index is 987. The van der Waals surface area contributed by atoms with Gasteiger partial charge in [-0.15, -0.1) is 0 Å². The van der Waals surface area contributed by atoms with Crippen molar-refractivity contribution >= 4 is 5.78 Å². The summed E-state index contributed by atoms with van der Waals surface area (Å²) in [5.74, 6) is 4.02. The zero-order valence-corrected chi connectivity index (χ0v) is 24.3. The topological polar surface area (TPSA) is 26.3 Å². The van der Waals surface area contributed by atoms with Crippen LogP contribution in [0.25, 0.3) is 0 Å². The molecule has 1 saturated heterocycles. The number of halogens is 3. The summed E-state index contributed by atoms with van der Waals surface area (Å²) in [5.41, 5.74) is 0.0497. The molecule has 3 aliphatic carbocycles. The van der Waals surface area contributed by atoms with E-state index in [1.807, 2.05) is 6.07 Å². The number of rotatable bonds is 9. The molecule has 4 aliphatic rings. The maximum absolute atomic E-state index is 14.4. The molecule has 218 valence electrons. The molecule has 0 amide bonds. The molecule has 8 atom stereocenters. The lowest BCUT2D eigenvalue weighted by Gasteiger charge is -2.37. The fourth-order valence-electron chi connectivity index (χ4n) is 9.29. The van der Waals surface area contributed by atoms with E-state index >= 15 is 0 Å². The van der Waals surface area contributed by atoms with Gasteiger partial charge in [-0.25, -0.2) is 0 Å². The maximum Gasteiger partial charge on any atom is 0.416 e. The summed E-state index contributed by atoms with van der Waals surface area (Å²) in [4.78, 5) is 14.4. The SMILES string of the molecule is CC[C@@H]1COCC[C@@H]1CCC[C@@H]1CC[C@@](C(=O)C2C[C@H]3CC(c4cccc(C(F)(F)F)c4)C[C@@H]2C3)(C(C)C)C1. The van der Waals surface area contributed by atoms with E-state index in [2.05, 4.69) is 20.8 Å². The van der Waals surface area contributed by atoms with Crippen molar-refractivity contribution in [2.75, 3.05) is 13.2 Å². The van der Waals surface area contributed by atoms with Gasteiger partial charge in [-0.2, -0.15) is 13.2 Å². The van der Waals surface area contributed by atoms with Crippen LogP contribution in [0.3, 0.4) is 0 Å². The Morgan fingerprint density at radius 3 is 2.64 bits per heavy atom. The number of carbonyl (C=O) groups is 1. The first kappa shape index (κ1) is 29.1. The van der Waals surface area contributed by atoms with Gasteiger partial charge in [0.05, 0.1) is 5.56 Å². The standard InChI is InChI=1S/C34H49F3O2/c1-4-25-21-39-14-12-26(25)8-5-7-23-11-13-33(20-23,22(2)3)32(38)31-17-24-15-28(18-29(31)16-24)27-9-6-10-30(19-27)34(35,36)37/h6,9-10,19,22-26,28-29,31H,4-5,7-8,11-18,20-21H2,1-3H3/t23-,24+,25-,26+,28?,29+,31?,33+/m1/s1. The van der Waals surface area contributed by atoms with Gasteiger partial charge in [0, 0.05) is 24.5 Å². The van der Waals surface area contributed by atoms with E-state index in [4.69, 9.17) is 4.74 Å². The van der Waals surface area contributed by atoms with E-state index in [0.717, 1.165) is 63.2 Å². The van der Waals surface area contributed by atoms with Crippen molar-refractivity contribution in [3.63, 3.8) is 0 Å². The van der Waals surface area contributed by atoms with Gasteiger partial charge >= 0.3 is 6.18 Å². The maximum atomic E-state index is 14.4. The molecule has 3 saturated carbocycles. The molecule has 0 N–H and O–H groups in total. The highest BCUT2D eigenvalue weighted by Crippen LogP contribution is 2.57. The van der Waals surface area contributed by atoms with Crippen molar-refractivity contribution < 1.29 is 22.7 Å². The first-order valence-corrected chi connectivity index (χ1v) is 15.9. The molecular formula is C34H49F3O2. The van der Waals surface area contributed by atoms with Gasteiger partial charge in [-0.1, -0.05) is 64.7 Å². The van der Waals surface area contributed by atoms with E-state index in [-0.39, 0.29) is 17.3 Å². The number of hydrogen-bond acceptors (Lipinski definition) is 2. The minimum atomic E-state index is -4.31. The molecule has 4 fully saturated rings. The number of hydrogen-bond donors (Lipinski definition) is 0. The molecule has 1 heterocycles. The number of Topliss-reactive ketones (excluding diaryl/α,β-unsaturated/α-hetero) is 1. The van der Waals surface area contributed by atoms with Crippen LogP contribution in [0.1, 0.15) is 115 Å². The molecule has 5 rings (SSSR count). The molecule has 1 aromatic carbocycles. The Morgan fingerprint density at radius 2 is 1.90 bits per heavy atom. The van der Waals surface area contributed by atoms with Crippen molar-refractivity contribution in [1.29, 1.82) is 0 Å². The Kier molecular flexibility index (Phi) is 8.86. The quantitative estimate of drug-likeness (QED) is 0.308. The molecule has 2 nitrogen and oxygen atoms in total. The van der Waals surface area contributed by atoms with E-state index in [0.29, 0.717) is 35.4 Å². The minimum absolute atomic E-state index is 0.0968. The highest BCUT2D eigenvalue weighted by Gasteiger charge is 2.53. The van der Waals surface area contributed by atoms with Crippen LogP contribution in [0.15, 0.2) is 24.3 Å². The zero-order valence-electron chi connectivity index (χ0n) is 24.3. The van der Waals surface area contributed by atoms with Gasteiger partial charge in [0.25, 0.3) is 0 Å². The van der Waals surface area contributed by atoms with E-state index in [1.54, 1.807) is 6.07 Å². The van der Waals surface area contributed by atoms with E-state index < -0.39 is 11.7 Å². The van der Waals surface area contributed by atoms with Crippen LogP contribution in [0.5, 0.6) is 0 Å². The molecule has 2 bridgehead atoms. The zero-order chi connectivity index (χ0) is 27.8. The van der Waals surface area contributed by atoms with Crippen molar-refractivity contribution in [3.05, 3.63) is 35.4 Å². The Hall–Kier alpha value is -1.36. The number of alkyl halides is 3. The molecule has 2 unspecified atom stereocenters. The second-order valence-electron chi connectivity index (χ2n) is 14.0. The van der Waals surface area contributed by atoms with Crippen molar-refractivity contribution in [3.8, 4) is 0 Å². The van der Waals surface area contributed by atoms with Crippen LogP contribution in [-0.4, -0.2) is 19.0 Å². The van der Waals surface area contributed by atoms with Crippen LogP contribution < -0.4 is 0 Å². The summed E-state index contributed by atoms with van der Waals surface area (Å²) in [5, 5.41) is 0. The molecule has 5 heteroatoms. The lowest BCUT2D eigenvalue weighted by molar-refractivity contribution is -0.138. The first-order chi connectivity index (χ1) is 18.6. The largest absolute Gasteiger partial charge is 0.416 e. The van der Waals surface area contributed by atoms with Gasteiger partial charge in [0.1, 0.15) is 5.78 Å². The van der Waals surface area contributed by atoms with Crippen LogP contribution >= 0.6 is 0 Å².